The number of thiophene rings is 1. The number of rotatable bonds is 4. The van der Waals surface area contributed by atoms with Gasteiger partial charge < -0.3 is 5.32 Å². The molecule has 8 heteroatoms. The predicted octanol–water partition coefficient (Wildman–Crippen LogP) is 2.28. The number of amides is 1. The zero-order valence-corrected chi connectivity index (χ0v) is 16.7. The van der Waals surface area contributed by atoms with E-state index in [4.69, 9.17) is 0 Å². The molecule has 1 aromatic heterocycles. The molecule has 1 amide bonds. The van der Waals surface area contributed by atoms with Crippen LogP contribution in [0.2, 0.25) is 0 Å². The number of carbonyl (C=O) groups excluding carboxylic acids is 1. The summed E-state index contributed by atoms with van der Waals surface area (Å²) in [5.41, 5.74) is 0. The Hall–Kier alpha value is -0.960. The van der Waals surface area contributed by atoms with Gasteiger partial charge in [-0.1, -0.05) is 12.8 Å². The smallest absolute Gasteiger partial charge is 0.263 e. The SMILES string of the molecule is O=C(N[C@@H]1CCN2CCCC[C@@H]12)c1sccc1S(=O)(=O)N1CCCCC1. The second-order valence-corrected chi connectivity index (χ2v) is 10.4. The molecule has 3 saturated heterocycles. The molecule has 0 bridgehead atoms. The van der Waals surface area contributed by atoms with E-state index >= 15 is 0 Å². The molecule has 6 nitrogen and oxygen atoms in total. The van der Waals surface area contributed by atoms with E-state index in [-0.39, 0.29) is 16.8 Å². The molecule has 0 unspecified atom stereocenters. The van der Waals surface area contributed by atoms with Crippen LogP contribution in [-0.2, 0) is 10.0 Å². The van der Waals surface area contributed by atoms with Crippen molar-refractivity contribution in [2.24, 2.45) is 0 Å². The van der Waals surface area contributed by atoms with Crippen molar-refractivity contribution in [2.75, 3.05) is 26.2 Å². The number of sulfonamides is 1. The third-order valence-corrected chi connectivity index (χ3v) is 8.92. The minimum Gasteiger partial charge on any atom is -0.347 e. The lowest BCUT2D eigenvalue weighted by Crippen LogP contribution is -2.47. The van der Waals surface area contributed by atoms with E-state index in [1.54, 1.807) is 11.4 Å². The van der Waals surface area contributed by atoms with Gasteiger partial charge in [0.15, 0.2) is 0 Å². The normalized spacial score (nSPS) is 28.0. The molecule has 3 fully saturated rings. The van der Waals surface area contributed by atoms with Gasteiger partial charge in [-0.25, -0.2) is 8.42 Å². The molecule has 4 rings (SSSR count). The van der Waals surface area contributed by atoms with Crippen molar-refractivity contribution in [3.8, 4) is 0 Å². The molecule has 3 aliphatic heterocycles. The molecule has 2 atom stereocenters. The van der Waals surface area contributed by atoms with Crippen molar-refractivity contribution < 1.29 is 13.2 Å². The molecule has 144 valence electrons. The Labute approximate surface area is 159 Å². The van der Waals surface area contributed by atoms with Crippen LogP contribution in [0.3, 0.4) is 0 Å². The summed E-state index contributed by atoms with van der Waals surface area (Å²) in [6.45, 7) is 3.25. The number of hydrogen-bond acceptors (Lipinski definition) is 5. The van der Waals surface area contributed by atoms with Crippen LogP contribution >= 0.6 is 11.3 Å². The topological polar surface area (TPSA) is 69.7 Å². The van der Waals surface area contributed by atoms with Crippen LogP contribution < -0.4 is 5.32 Å². The van der Waals surface area contributed by atoms with Gasteiger partial charge in [-0.15, -0.1) is 11.3 Å². The highest BCUT2D eigenvalue weighted by atomic mass is 32.2. The first-order chi connectivity index (χ1) is 12.6. The standard InChI is InChI=1S/C18H27N3O3S2/c22-18(19-14-7-12-20-9-5-2-6-15(14)20)17-16(8-13-25-17)26(23,24)21-10-3-1-4-11-21/h8,13-15H,1-7,9-12H2,(H,19,22)/t14-,15+/m1/s1. The van der Waals surface area contributed by atoms with Gasteiger partial charge in [-0.3, -0.25) is 9.69 Å². The zero-order chi connectivity index (χ0) is 18.1. The van der Waals surface area contributed by atoms with Crippen LogP contribution in [0.4, 0.5) is 0 Å². The van der Waals surface area contributed by atoms with Crippen molar-refractivity contribution >= 4 is 27.3 Å². The third-order valence-electron chi connectivity index (χ3n) is 5.94. The molecule has 4 heterocycles. The van der Waals surface area contributed by atoms with Gasteiger partial charge in [0, 0.05) is 31.7 Å². The van der Waals surface area contributed by atoms with E-state index in [1.807, 2.05) is 0 Å². The highest BCUT2D eigenvalue weighted by Gasteiger charge is 2.37. The highest BCUT2D eigenvalue weighted by Crippen LogP contribution is 2.30. The first-order valence-corrected chi connectivity index (χ1v) is 12.0. The quantitative estimate of drug-likeness (QED) is 0.846. The maximum Gasteiger partial charge on any atom is 0.263 e. The average Bonchev–Trinajstić information content (AvgIpc) is 3.30. The molecule has 0 spiro atoms. The Kier molecular flexibility index (Phi) is 5.36. The summed E-state index contributed by atoms with van der Waals surface area (Å²) < 4.78 is 27.5. The highest BCUT2D eigenvalue weighted by molar-refractivity contribution is 7.89. The fourth-order valence-corrected chi connectivity index (χ4v) is 7.38. The van der Waals surface area contributed by atoms with E-state index in [1.165, 1.54) is 28.5 Å². The predicted molar refractivity (Wildman–Crippen MR) is 102 cm³/mol. The molecule has 0 radical (unpaired) electrons. The van der Waals surface area contributed by atoms with E-state index < -0.39 is 10.0 Å². The summed E-state index contributed by atoms with van der Waals surface area (Å²) in [7, 11) is -3.58. The number of fused-ring (bicyclic) bond motifs is 1. The summed E-state index contributed by atoms with van der Waals surface area (Å²) in [6.07, 6.45) is 7.38. The van der Waals surface area contributed by atoms with Crippen molar-refractivity contribution in [2.45, 2.75) is 61.9 Å². The first-order valence-electron chi connectivity index (χ1n) is 9.70. The van der Waals surface area contributed by atoms with Gasteiger partial charge in [-0.05, 0) is 50.1 Å². The number of nitrogens with one attached hydrogen (secondary N) is 1. The Morgan fingerprint density at radius 3 is 2.62 bits per heavy atom. The summed E-state index contributed by atoms with van der Waals surface area (Å²) >= 11 is 1.23. The summed E-state index contributed by atoms with van der Waals surface area (Å²) in [5, 5.41) is 4.86. The van der Waals surface area contributed by atoms with Crippen LogP contribution in [0.15, 0.2) is 16.3 Å². The number of carbonyl (C=O) groups is 1. The van der Waals surface area contributed by atoms with E-state index in [0.717, 1.165) is 45.2 Å². The molecule has 26 heavy (non-hydrogen) atoms. The van der Waals surface area contributed by atoms with Crippen LogP contribution in [0.25, 0.3) is 0 Å². The van der Waals surface area contributed by atoms with Crippen molar-refractivity contribution in [3.63, 3.8) is 0 Å². The van der Waals surface area contributed by atoms with Crippen LogP contribution in [0, 0.1) is 0 Å². The molecular formula is C18H27N3O3S2. The molecule has 1 aromatic rings. The first kappa shape index (κ1) is 18.4. The van der Waals surface area contributed by atoms with Gasteiger partial charge >= 0.3 is 0 Å². The largest absolute Gasteiger partial charge is 0.347 e. The molecule has 3 aliphatic rings. The second kappa shape index (κ2) is 7.58. The summed E-state index contributed by atoms with van der Waals surface area (Å²) in [4.78, 5) is 15.9. The molecule has 1 N–H and O–H groups in total. The van der Waals surface area contributed by atoms with Crippen molar-refractivity contribution in [3.05, 3.63) is 16.3 Å². The van der Waals surface area contributed by atoms with Crippen molar-refractivity contribution in [1.29, 1.82) is 0 Å². The van der Waals surface area contributed by atoms with Crippen LogP contribution in [0.1, 0.15) is 54.6 Å². The maximum absolute atomic E-state index is 13.0. The Morgan fingerprint density at radius 1 is 1.04 bits per heavy atom. The van der Waals surface area contributed by atoms with Gasteiger partial charge in [0.1, 0.15) is 9.77 Å². The Balaban J connectivity index is 1.50. The molecular weight excluding hydrogens is 370 g/mol. The Bertz CT molecular complexity index is 755. The van der Waals surface area contributed by atoms with E-state index in [0.29, 0.717) is 24.0 Å². The molecule has 0 aromatic carbocycles. The van der Waals surface area contributed by atoms with Gasteiger partial charge in [0.05, 0.1) is 0 Å². The van der Waals surface area contributed by atoms with E-state index in [2.05, 4.69) is 10.2 Å². The molecule has 0 aliphatic carbocycles. The number of hydrogen-bond donors (Lipinski definition) is 1. The van der Waals surface area contributed by atoms with Gasteiger partial charge in [0.25, 0.3) is 5.91 Å². The monoisotopic (exact) mass is 397 g/mol. The summed E-state index contributed by atoms with van der Waals surface area (Å²) in [5.74, 6) is -0.229. The zero-order valence-electron chi connectivity index (χ0n) is 15.0. The van der Waals surface area contributed by atoms with Crippen LogP contribution in [0.5, 0.6) is 0 Å². The minimum absolute atomic E-state index is 0.135. The number of piperidine rings is 2. The minimum atomic E-state index is -3.58. The fraction of sp³-hybridized carbons (Fsp3) is 0.722. The third kappa shape index (κ3) is 3.44. The molecule has 0 saturated carbocycles. The second-order valence-electron chi connectivity index (χ2n) is 7.55. The van der Waals surface area contributed by atoms with E-state index in [9.17, 15) is 13.2 Å². The van der Waals surface area contributed by atoms with Crippen molar-refractivity contribution in [1.82, 2.24) is 14.5 Å². The Morgan fingerprint density at radius 2 is 1.81 bits per heavy atom. The van der Waals surface area contributed by atoms with Gasteiger partial charge in [0.2, 0.25) is 10.0 Å². The lowest BCUT2D eigenvalue weighted by Gasteiger charge is -2.32. The maximum atomic E-state index is 13.0. The van der Waals surface area contributed by atoms with Gasteiger partial charge in [-0.2, -0.15) is 4.31 Å². The lowest BCUT2D eigenvalue weighted by atomic mass is 9.99. The lowest BCUT2D eigenvalue weighted by molar-refractivity contribution is 0.0916. The summed E-state index contributed by atoms with van der Waals surface area (Å²) in [6, 6.07) is 2.13. The van der Waals surface area contributed by atoms with Crippen LogP contribution in [-0.4, -0.2) is 61.8 Å². The fourth-order valence-electron chi connectivity index (χ4n) is 4.56. The average molecular weight is 398 g/mol. The number of nitrogens with zero attached hydrogens (tertiary/aromatic N) is 2.